The van der Waals surface area contributed by atoms with Gasteiger partial charge in [-0.05, 0) is 66.9 Å². The summed E-state index contributed by atoms with van der Waals surface area (Å²) in [6.45, 7) is 0.0506. The van der Waals surface area contributed by atoms with Crippen LogP contribution >= 0.6 is 23.2 Å². The van der Waals surface area contributed by atoms with Gasteiger partial charge in [0.2, 0.25) is 0 Å². The molecule has 0 spiro atoms. The van der Waals surface area contributed by atoms with Crippen molar-refractivity contribution in [2.24, 2.45) is 5.73 Å². The van der Waals surface area contributed by atoms with E-state index in [0.717, 1.165) is 37.5 Å². The lowest BCUT2D eigenvalue weighted by molar-refractivity contribution is 0.0582. The highest BCUT2D eigenvalue weighted by atomic mass is 35.5. The molecule has 1 fully saturated rings. The van der Waals surface area contributed by atoms with Gasteiger partial charge in [0.25, 0.3) is 11.8 Å². The third-order valence-corrected chi connectivity index (χ3v) is 6.89. The Hall–Kier alpha value is -3.00. The SMILES string of the molecule is NC1CCCCC1N(Cc1cc(NC(=O)c2cccc(Cl)c2)ccc1Cl)C(=O)c1cc(F)cc(F)c1. The Kier molecular flexibility index (Phi) is 8.24. The van der Waals surface area contributed by atoms with Crippen LogP contribution in [0.15, 0.2) is 60.7 Å². The van der Waals surface area contributed by atoms with Gasteiger partial charge in [-0.1, -0.05) is 42.1 Å². The fourth-order valence-corrected chi connectivity index (χ4v) is 4.87. The fraction of sp³-hybridized carbons (Fsp3) is 0.259. The fourth-order valence-electron chi connectivity index (χ4n) is 4.50. The predicted octanol–water partition coefficient (Wildman–Crippen LogP) is 6.44. The van der Waals surface area contributed by atoms with Crippen LogP contribution in [-0.4, -0.2) is 28.8 Å². The lowest BCUT2D eigenvalue weighted by atomic mass is 9.89. The average molecular weight is 532 g/mol. The highest BCUT2D eigenvalue weighted by molar-refractivity contribution is 6.31. The summed E-state index contributed by atoms with van der Waals surface area (Å²) in [5.74, 6) is -2.58. The van der Waals surface area contributed by atoms with Crippen molar-refractivity contribution in [3.05, 3.63) is 99.0 Å². The molecular weight excluding hydrogens is 507 g/mol. The first-order valence-corrected chi connectivity index (χ1v) is 12.3. The van der Waals surface area contributed by atoms with Crippen LogP contribution in [-0.2, 0) is 6.54 Å². The highest BCUT2D eigenvalue weighted by Crippen LogP contribution is 2.29. The highest BCUT2D eigenvalue weighted by Gasteiger charge is 2.32. The minimum atomic E-state index is -0.838. The summed E-state index contributed by atoms with van der Waals surface area (Å²) in [6.07, 6.45) is 3.21. The number of rotatable bonds is 6. The molecule has 2 unspecified atom stereocenters. The van der Waals surface area contributed by atoms with E-state index in [2.05, 4.69) is 5.32 Å². The number of amides is 2. The van der Waals surface area contributed by atoms with E-state index in [9.17, 15) is 18.4 Å². The molecular formula is C27H25Cl2F2N3O2. The second-order valence-electron chi connectivity index (χ2n) is 8.88. The van der Waals surface area contributed by atoms with Gasteiger partial charge < -0.3 is 16.0 Å². The van der Waals surface area contributed by atoms with Crippen molar-refractivity contribution in [3.63, 3.8) is 0 Å². The van der Waals surface area contributed by atoms with Gasteiger partial charge in [0.15, 0.2) is 0 Å². The van der Waals surface area contributed by atoms with Crippen LogP contribution in [0, 0.1) is 11.6 Å². The Balaban J connectivity index is 1.63. The molecule has 0 radical (unpaired) electrons. The molecule has 188 valence electrons. The molecule has 4 rings (SSSR count). The molecule has 1 aliphatic rings. The number of halogens is 4. The van der Waals surface area contributed by atoms with Crippen molar-refractivity contribution in [2.75, 3.05) is 5.32 Å². The quantitative estimate of drug-likeness (QED) is 0.384. The lowest BCUT2D eigenvalue weighted by Crippen LogP contribution is -2.51. The van der Waals surface area contributed by atoms with E-state index >= 15 is 0 Å². The van der Waals surface area contributed by atoms with Crippen molar-refractivity contribution in [1.82, 2.24) is 4.90 Å². The van der Waals surface area contributed by atoms with Gasteiger partial charge in [0.05, 0.1) is 0 Å². The van der Waals surface area contributed by atoms with Crippen molar-refractivity contribution < 1.29 is 18.4 Å². The molecule has 3 aromatic carbocycles. The maximum absolute atomic E-state index is 13.9. The zero-order chi connectivity index (χ0) is 25.8. The molecule has 3 aromatic rings. The van der Waals surface area contributed by atoms with Crippen molar-refractivity contribution in [2.45, 2.75) is 44.3 Å². The van der Waals surface area contributed by atoms with Crippen LogP contribution in [0.2, 0.25) is 10.0 Å². The van der Waals surface area contributed by atoms with Gasteiger partial charge in [-0.3, -0.25) is 9.59 Å². The van der Waals surface area contributed by atoms with Gasteiger partial charge in [0, 0.05) is 51.6 Å². The second kappa shape index (κ2) is 11.4. The number of nitrogens with zero attached hydrogens (tertiary/aromatic N) is 1. The van der Waals surface area contributed by atoms with E-state index in [1.54, 1.807) is 42.5 Å². The summed E-state index contributed by atoms with van der Waals surface area (Å²) in [5, 5.41) is 3.62. The van der Waals surface area contributed by atoms with Crippen LogP contribution in [0.4, 0.5) is 14.5 Å². The smallest absolute Gasteiger partial charge is 0.255 e. The second-order valence-corrected chi connectivity index (χ2v) is 9.72. The van der Waals surface area contributed by atoms with E-state index in [4.69, 9.17) is 28.9 Å². The molecule has 36 heavy (non-hydrogen) atoms. The first-order chi connectivity index (χ1) is 17.2. The summed E-state index contributed by atoms with van der Waals surface area (Å²) in [7, 11) is 0. The summed E-state index contributed by atoms with van der Waals surface area (Å²) in [6, 6.07) is 13.6. The van der Waals surface area contributed by atoms with Gasteiger partial charge >= 0.3 is 0 Å². The standard InChI is InChI=1S/C27H25Cl2F2N3O2/c28-19-5-3-4-16(10-19)26(35)33-22-8-9-23(29)18(13-22)15-34(25-7-2-1-6-24(25)32)27(36)17-11-20(30)14-21(31)12-17/h3-5,8-14,24-25H,1-2,6-7,15,32H2,(H,33,35). The van der Waals surface area contributed by atoms with Crippen molar-refractivity contribution in [1.29, 1.82) is 0 Å². The zero-order valence-corrected chi connectivity index (χ0v) is 20.8. The largest absolute Gasteiger partial charge is 0.330 e. The molecule has 0 saturated heterocycles. The molecule has 0 bridgehead atoms. The number of hydrogen-bond acceptors (Lipinski definition) is 3. The van der Waals surface area contributed by atoms with Crippen LogP contribution in [0.1, 0.15) is 52.0 Å². The van der Waals surface area contributed by atoms with E-state index in [1.807, 2.05) is 0 Å². The lowest BCUT2D eigenvalue weighted by Gasteiger charge is -2.38. The molecule has 0 aliphatic heterocycles. The third-order valence-electron chi connectivity index (χ3n) is 6.28. The Morgan fingerprint density at radius 3 is 2.36 bits per heavy atom. The molecule has 2 atom stereocenters. The number of anilines is 1. The topological polar surface area (TPSA) is 75.4 Å². The molecule has 5 nitrogen and oxygen atoms in total. The number of carbonyl (C=O) groups is 2. The summed E-state index contributed by atoms with van der Waals surface area (Å²) >= 11 is 12.5. The van der Waals surface area contributed by atoms with Gasteiger partial charge in [-0.15, -0.1) is 0 Å². The average Bonchev–Trinajstić information content (AvgIpc) is 2.84. The van der Waals surface area contributed by atoms with E-state index < -0.39 is 17.5 Å². The summed E-state index contributed by atoms with van der Waals surface area (Å²) in [4.78, 5) is 27.7. The molecule has 0 heterocycles. The minimum Gasteiger partial charge on any atom is -0.330 e. The summed E-state index contributed by atoms with van der Waals surface area (Å²) < 4.78 is 27.8. The molecule has 0 aromatic heterocycles. The van der Waals surface area contributed by atoms with Gasteiger partial charge in [-0.2, -0.15) is 0 Å². The van der Waals surface area contributed by atoms with E-state index in [-0.39, 0.29) is 30.1 Å². The maximum atomic E-state index is 13.9. The molecule has 9 heteroatoms. The number of nitrogens with one attached hydrogen (secondary N) is 1. The normalized spacial score (nSPS) is 17.5. The molecule has 2 amide bonds. The first kappa shape index (κ1) is 26.1. The van der Waals surface area contributed by atoms with Crippen molar-refractivity contribution >= 4 is 40.7 Å². The van der Waals surface area contributed by atoms with Gasteiger partial charge in [0.1, 0.15) is 11.6 Å². The Labute approximate surface area is 218 Å². The van der Waals surface area contributed by atoms with Crippen LogP contribution < -0.4 is 11.1 Å². The maximum Gasteiger partial charge on any atom is 0.255 e. The van der Waals surface area contributed by atoms with E-state index in [1.165, 1.54) is 4.90 Å². The van der Waals surface area contributed by atoms with Crippen LogP contribution in [0.25, 0.3) is 0 Å². The Bertz CT molecular complexity index is 1270. The minimum absolute atomic E-state index is 0.0506. The van der Waals surface area contributed by atoms with E-state index in [0.29, 0.717) is 33.3 Å². The third kappa shape index (κ3) is 6.22. The molecule has 1 aliphatic carbocycles. The van der Waals surface area contributed by atoms with Crippen LogP contribution in [0.5, 0.6) is 0 Å². The van der Waals surface area contributed by atoms with Crippen LogP contribution in [0.3, 0.4) is 0 Å². The zero-order valence-electron chi connectivity index (χ0n) is 19.3. The van der Waals surface area contributed by atoms with Gasteiger partial charge in [-0.25, -0.2) is 8.78 Å². The summed E-state index contributed by atoms with van der Waals surface area (Å²) in [5.41, 5.74) is 7.69. The molecule has 3 N–H and O–H groups in total. The monoisotopic (exact) mass is 531 g/mol. The number of benzene rings is 3. The number of carbonyl (C=O) groups excluding carboxylic acids is 2. The van der Waals surface area contributed by atoms with Crippen molar-refractivity contribution in [3.8, 4) is 0 Å². The number of nitrogens with two attached hydrogens (primary N) is 1. The Morgan fingerprint density at radius 2 is 1.67 bits per heavy atom. The number of hydrogen-bond donors (Lipinski definition) is 2. The first-order valence-electron chi connectivity index (χ1n) is 11.6. The Morgan fingerprint density at radius 1 is 0.944 bits per heavy atom. The predicted molar refractivity (Wildman–Crippen MR) is 137 cm³/mol. The molecule has 1 saturated carbocycles.